The highest BCUT2D eigenvalue weighted by molar-refractivity contribution is 5.89. The van der Waals surface area contributed by atoms with E-state index in [1.807, 2.05) is 6.92 Å². The van der Waals surface area contributed by atoms with Crippen LogP contribution < -0.4 is 15.4 Å². The third-order valence-corrected chi connectivity index (χ3v) is 2.54. The highest BCUT2D eigenvalue weighted by atomic mass is 16.5. The SMILES string of the molecule is CCC[C@@H](CO)NC(=O)Nc1ccc(OC)cc1. The lowest BCUT2D eigenvalue weighted by Crippen LogP contribution is -2.40. The molecule has 0 aliphatic carbocycles. The maximum atomic E-state index is 11.6. The van der Waals surface area contributed by atoms with E-state index in [1.165, 1.54) is 0 Å². The second kappa shape index (κ2) is 7.55. The number of carbonyl (C=O) groups is 1. The number of ether oxygens (including phenoxy) is 1. The summed E-state index contributed by atoms with van der Waals surface area (Å²) in [5.41, 5.74) is 0.682. The minimum Gasteiger partial charge on any atom is -0.497 e. The number of urea groups is 1. The van der Waals surface area contributed by atoms with Gasteiger partial charge in [-0.1, -0.05) is 13.3 Å². The molecule has 0 radical (unpaired) electrons. The van der Waals surface area contributed by atoms with Crippen LogP contribution in [-0.2, 0) is 0 Å². The molecule has 5 nitrogen and oxygen atoms in total. The van der Waals surface area contributed by atoms with E-state index in [0.29, 0.717) is 5.69 Å². The van der Waals surface area contributed by atoms with Crippen LogP contribution in [0.15, 0.2) is 24.3 Å². The third-order valence-electron chi connectivity index (χ3n) is 2.54. The molecule has 0 aliphatic rings. The lowest BCUT2D eigenvalue weighted by Gasteiger charge is -2.16. The Morgan fingerprint density at radius 2 is 2.06 bits per heavy atom. The predicted molar refractivity (Wildman–Crippen MR) is 70.9 cm³/mol. The fourth-order valence-corrected chi connectivity index (χ4v) is 1.58. The predicted octanol–water partition coefficient (Wildman–Crippen LogP) is 1.98. The Labute approximate surface area is 107 Å². The number of hydrogen-bond acceptors (Lipinski definition) is 3. The molecule has 0 aromatic heterocycles. The molecule has 0 aliphatic heterocycles. The topological polar surface area (TPSA) is 70.6 Å². The maximum absolute atomic E-state index is 11.6. The summed E-state index contributed by atoms with van der Waals surface area (Å²) in [4.78, 5) is 11.6. The van der Waals surface area contributed by atoms with Crippen LogP contribution in [0.5, 0.6) is 5.75 Å². The Bertz CT molecular complexity index is 365. The number of rotatable bonds is 6. The number of carbonyl (C=O) groups excluding carboxylic acids is 1. The molecule has 1 aromatic carbocycles. The van der Waals surface area contributed by atoms with Gasteiger partial charge in [-0.25, -0.2) is 4.79 Å². The zero-order valence-corrected chi connectivity index (χ0v) is 10.8. The van der Waals surface area contributed by atoms with Gasteiger partial charge >= 0.3 is 6.03 Å². The minimum atomic E-state index is -0.312. The van der Waals surface area contributed by atoms with Gasteiger partial charge in [0.1, 0.15) is 5.75 Å². The third kappa shape index (κ3) is 4.63. The van der Waals surface area contributed by atoms with Gasteiger partial charge in [-0.2, -0.15) is 0 Å². The van der Waals surface area contributed by atoms with Gasteiger partial charge in [-0.15, -0.1) is 0 Å². The summed E-state index contributed by atoms with van der Waals surface area (Å²) in [6.07, 6.45) is 1.67. The Kier molecular flexibility index (Phi) is 6.00. The van der Waals surface area contributed by atoms with E-state index in [1.54, 1.807) is 31.4 Å². The fraction of sp³-hybridized carbons (Fsp3) is 0.462. The van der Waals surface area contributed by atoms with Crippen LogP contribution in [0.1, 0.15) is 19.8 Å². The summed E-state index contributed by atoms with van der Waals surface area (Å²) in [6.45, 7) is 1.95. The highest BCUT2D eigenvalue weighted by Gasteiger charge is 2.10. The molecule has 1 aromatic rings. The van der Waals surface area contributed by atoms with Gasteiger partial charge in [0.15, 0.2) is 0 Å². The van der Waals surface area contributed by atoms with Crippen molar-refractivity contribution in [2.45, 2.75) is 25.8 Å². The lowest BCUT2D eigenvalue weighted by molar-refractivity contribution is 0.220. The van der Waals surface area contributed by atoms with E-state index in [2.05, 4.69) is 10.6 Å². The summed E-state index contributed by atoms with van der Waals surface area (Å²) >= 11 is 0. The van der Waals surface area contributed by atoms with Crippen LogP contribution in [0.2, 0.25) is 0 Å². The van der Waals surface area contributed by atoms with Crippen LogP contribution in [0.25, 0.3) is 0 Å². The second-order valence-electron chi connectivity index (χ2n) is 4.00. The summed E-state index contributed by atoms with van der Waals surface area (Å²) in [6, 6.07) is 6.54. The molecule has 5 heteroatoms. The van der Waals surface area contributed by atoms with E-state index in [9.17, 15) is 4.79 Å². The molecule has 0 fully saturated rings. The number of aliphatic hydroxyl groups is 1. The van der Waals surface area contributed by atoms with Crippen molar-refractivity contribution < 1.29 is 14.6 Å². The van der Waals surface area contributed by atoms with Gasteiger partial charge in [0.2, 0.25) is 0 Å². The Morgan fingerprint density at radius 1 is 1.39 bits per heavy atom. The van der Waals surface area contributed by atoms with E-state index >= 15 is 0 Å². The Hall–Kier alpha value is -1.75. The number of nitrogens with one attached hydrogen (secondary N) is 2. The summed E-state index contributed by atoms with van der Waals surface area (Å²) < 4.78 is 5.03. The summed E-state index contributed by atoms with van der Waals surface area (Å²) in [7, 11) is 1.59. The van der Waals surface area contributed by atoms with Crippen LogP contribution in [-0.4, -0.2) is 30.9 Å². The van der Waals surface area contributed by atoms with Gasteiger partial charge in [0, 0.05) is 5.69 Å². The van der Waals surface area contributed by atoms with Crippen molar-refractivity contribution in [2.24, 2.45) is 0 Å². The van der Waals surface area contributed by atoms with E-state index < -0.39 is 0 Å². The molecule has 2 amide bonds. The van der Waals surface area contributed by atoms with E-state index in [-0.39, 0.29) is 18.7 Å². The number of amides is 2. The van der Waals surface area contributed by atoms with Crippen LogP contribution >= 0.6 is 0 Å². The van der Waals surface area contributed by atoms with Crippen molar-refractivity contribution in [3.63, 3.8) is 0 Å². The van der Waals surface area contributed by atoms with Crippen LogP contribution in [0.3, 0.4) is 0 Å². The first-order valence-corrected chi connectivity index (χ1v) is 6.02. The van der Waals surface area contributed by atoms with Crippen molar-refractivity contribution in [3.05, 3.63) is 24.3 Å². The van der Waals surface area contributed by atoms with Crippen LogP contribution in [0, 0.1) is 0 Å². The van der Waals surface area contributed by atoms with Crippen molar-refractivity contribution in [1.29, 1.82) is 0 Å². The summed E-state index contributed by atoms with van der Waals surface area (Å²) in [5, 5.41) is 14.5. The summed E-state index contributed by atoms with van der Waals surface area (Å²) in [5.74, 6) is 0.736. The first-order chi connectivity index (χ1) is 8.69. The quantitative estimate of drug-likeness (QED) is 0.725. The first kappa shape index (κ1) is 14.3. The molecular weight excluding hydrogens is 232 g/mol. The fourth-order valence-electron chi connectivity index (χ4n) is 1.58. The minimum absolute atomic E-state index is 0.0517. The standard InChI is InChI=1S/C13H20N2O3/c1-3-4-11(9-16)15-13(17)14-10-5-7-12(18-2)8-6-10/h5-8,11,16H,3-4,9H2,1-2H3,(H2,14,15,17)/t11-/m0/s1. The molecular formula is C13H20N2O3. The maximum Gasteiger partial charge on any atom is 0.319 e. The second-order valence-corrected chi connectivity index (χ2v) is 4.00. The lowest BCUT2D eigenvalue weighted by atomic mass is 10.2. The van der Waals surface area contributed by atoms with E-state index in [4.69, 9.17) is 9.84 Å². The number of anilines is 1. The van der Waals surface area contributed by atoms with Crippen molar-refractivity contribution in [3.8, 4) is 5.75 Å². The molecule has 18 heavy (non-hydrogen) atoms. The Balaban J connectivity index is 2.47. The van der Waals surface area contributed by atoms with Gasteiger partial charge in [-0.05, 0) is 30.7 Å². The largest absolute Gasteiger partial charge is 0.497 e. The molecule has 0 saturated heterocycles. The van der Waals surface area contributed by atoms with E-state index in [0.717, 1.165) is 18.6 Å². The molecule has 0 saturated carbocycles. The Morgan fingerprint density at radius 3 is 2.56 bits per heavy atom. The zero-order valence-electron chi connectivity index (χ0n) is 10.8. The molecule has 0 bridgehead atoms. The van der Waals surface area contributed by atoms with Gasteiger partial charge < -0.3 is 20.5 Å². The molecule has 1 atom stereocenters. The molecule has 0 unspecified atom stereocenters. The zero-order chi connectivity index (χ0) is 13.4. The van der Waals surface area contributed by atoms with Gasteiger partial charge in [-0.3, -0.25) is 0 Å². The number of aliphatic hydroxyl groups excluding tert-OH is 1. The average molecular weight is 252 g/mol. The van der Waals surface area contributed by atoms with Crippen molar-refractivity contribution in [1.82, 2.24) is 5.32 Å². The monoisotopic (exact) mass is 252 g/mol. The number of methoxy groups -OCH3 is 1. The highest BCUT2D eigenvalue weighted by Crippen LogP contribution is 2.14. The molecule has 0 spiro atoms. The molecule has 1 rings (SSSR count). The molecule has 0 heterocycles. The van der Waals surface area contributed by atoms with Crippen molar-refractivity contribution >= 4 is 11.7 Å². The normalized spacial score (nSPS) is 11.7. The number of hydrogen-bond donors (Lipinski definition) is 3. The number of benzene rings is 1. The van der Waals surface area contributed by atoms with Gasteiger partial charge in [0.05, 0.1) is 19.8 Å². The molecule has 100 valence electrons. The van der Waals surface area contributed by atoms with Gasteiger partial charge in [0.25, 0.3) is 0 Å². The van der Waals surface area contributed by atoms with Crippen LogP contribution in [0.4, 0.5) is 10.5 Å². The van der Waals surface area contributed by atoms with Crippen molar-refractivity contribution in [2.75, 3.05) is 19.0 Å². The average Bonchev–Trinajstić information content (AvgIpc) is 2.39. The molecule has 3 N–H and O–H groups in total. The smallest absolute Gasteiger partial charge is 0.319 e. The first-order valence-electron chi connectivity index (χ1n) is 6.02.